The zero-order valence-electron chi connectivity index (χ0n) is 10.4. The second-order valence-corrected chi connectivity index (χ2v) is 5.54. The van der Waals surface area contributed by atoms with E-state index < -0.39 is 16.2 Å². The fourth-order valence-corrected chi connectivity index (χ4v) is 2.52. The van der Waals surface area contributed by atoms with Crippen molar-refractivity contribution in [3.05, 3.63) is 60.2 Å². The van der Waals surface area contributed by atoms with Crippen LogP contribution in [0.25, 0.3) is 0 Å². The van der Waals surface area contributed by atoms with Crippen molar-refractivity contribution in [2.75, 3.05) is 0 Å². The van der Waals surface area contributed by atoms with E-state index in [0.29, 0.717) is 5.56 Å². The van der Waals surface area contributed by atoms with Crippen LogP contribution >= 0.6 is 0 Å². The minimum Gasteiger partial charge on any atom is -0.379 e. The fourth-order valence-electron chi connectivity index (χ4n) is 1.56. The third-order valence-electron chi connectivity index (χ3n) is 2.59. The molecule has 0 heterocycles. The first-order chi connectivity index (χ1) is 9.53. The van der Waals surface area contributed by atoms with Crippen LogP contribution in [-0.4, -0.2) is 13.5 Å². The van der Waals surface area contributed by atoms with E-state index in [1.54, 1.807) is 18.2 Å². The Balaban J connectivity index is 2.21. The molecule has 102 valence electrons. The Morgan fingerprint density at radius 3 is 2.20 bits per heavy atom. The van der Waals surface area contributed by atoms with Gasteiger partial charge in [-0.15, -0.1) is 6.42 Å². The van der Waals surface area contributed by atoms with Crippen LogP contribution in [0.2, 0.25) is 0 Å². The molecule has 1 unspecified atom stereocenters. The van der Waals surface area contributed by atoms with Gasteiger partial charge in [0.25, 0.3) is 0 Å². The van der Waals surface area contributed by atoms with Gasteiger partial charge in [-0.1, -0.05) is 36.3 Å². The third-order valence-corrected chi connectivity index (χ3v) is 3.85. The van der Waals surface area contributed by atoms with Crippen molar-refractivity contribution < 1.29 is 17.7 Å². The SMILES string of the molecule is C#CC(O)c1ccc(OS(=O)(=O)c2ccccc2)cc1. The molecule has 0 aromatic heterocycles. The number of benzene rings is 2. The maximum absolute atomic E-state index is 12.0. The van der Waals surface area contributed by atoms with Crippen LogP contribution in [0, 0.1) is 12.3 Å². The predicted molar refractivity (Wildman–Crippen MR) is 74.5 cm³/mol. The lowest BCUT2D eigenvalue weighted by Crippen LogP contribution is -2.09. The molecule has 0 spiro atoms. The molecule has 20 heavy (non-hydrogen) atoms. The highest BCUT2D eigenvalue weighted by atomic mass is 32.2. The van der Waals surface area contributed by atoms with Crippen LogP contribution in [0.1, 0.15) is 11.7 Å². The maximum Gasteiger partial charge on any atom is 0.339 e. The highest BCUT2D eigenvalue weighted by molar-refractivity contribution is 7.87. The average Bonchev–Trinajstić information content (AvgIpc) is 2.48. The van der Waals surface area contributed by atoms with Gasteiger partial charge in [-0.05, 0) is 29.8 Å². The van der Waals surface area contributed by atoms with Crippen LogP contribution < -0.4 is 4.18 Å². The molecule has 1 atom stereocenters. The zero-order valence-corrected chi connectivity index (χ0v) is 11.2. The van der Waals surface area contributed by atoms with E-state index in [1.165, 1.54) is 36.4 Å². The summed E-state index contributed by atoms with van der Waals surface area (Å²) in [7, 11) is -3.85. The van der Waals surface area contributed by atoms with Crippen LogP contribution in [0.4, 0.5) is 0 Å². The van der Waals surface area contributed by atoms with Crippen molar-refractivity contribution >= 4 is 10.1 Å². The van der Waals surface area contributed by atoms with Gasteiger partial charge in [0.05, 0.1) is 0 Å². The van der Waals surface area contributed by atoms with E-state index in [1.807, 2.05) is 0 Å². The van der Waals surface area contributed by atoms with Crippen molar-refractivity contribution in [1.29, 1.82) is 0 Å². The summed E-state index contributed by atoms with van der Waals surface area (Å²) in [6.07, 6.45) is 4.07. The average molecular weight is 288 g/mol. The standard InChI is InChI=1S/C15H12O4S/c1-2-15(16)12-8-10-13(11-9-12)19-20(17,18)14-6-4-3-5-7-14/h1,3-11,15-16H. The van der Waals surface area contributed by atoms with E-state index in [0.717, 1.165) is 0 Å². The van der Waals surface area contributed by atoms with E-state index >= 15 is 0 Å². The first kappa shape index (κ1) is 14.1. The lowest BCUT2D eigenvalue weighted by molar-refractivity contribution is 0.238. The van der Waals surface area contributed by atoms with Gasteiger partial charge in [0, 0.05) is 0 Å². The predicted octanol–water partition coefficient (Wildman–Crippen LogP) is 2.12. The van der Waals surface area contributed by atoms with Crippen LogP contribution in [0.5, 0.6) is 5.75 Å². The van der Waals surface area contributed by atoms with Gasteiger partial charge >= 0.3 is 10.1 Å². The van der Waals surface area contributed by atoms with Crippen molar-refractivity contribution in [2.24, 2.45) is 0 Å². The third kappa shape index (κ3) is 3.18. The molecule has 0 amide bonds. The quantitative estimate of drug-likeness (QED) is 0.691. The molecule has 1 N–H and O–H groups in total. The molecule has 0 saturated carbocycles. The Bertz CT molecular complexity index is 713. The summed E-state index contributed by atoms with van der Waals surface area (Å²) in [5.41, 5.74) is 0.497. The van der Waals surface area contributed by atoms with Crippen molar-refractivity contribution in [2.45, 2.75) is 11.0 Å². The minimum atomic E-state index is -3.85. The van der Waals surface area contributed by atoms with Gasteiger partial charge in [-0.25, -0.2) is 0 Å². The fraction of sp³-hybridized carbons (Fsp3) is 0.0667. The number of terminal acetylenes is 1. The molecule has 0 aliphatic carbocycles. The Morgan fingerprint density at radius 2 is 1.65 bits per heavy atom. The molecule has 2 rings (SSSR count). The second-order valence-electron chi connectivity index (χ2n) is 3.99. The number of hydrogen-bond donors (Lipinski definition) is 1. The minimum absolute atomic E-state index is 0.0766. The number of rotatable bonds is 4. The summed E-state index contributed by atoms with van der Waals surface area (Å²) < 4.78 is 28.9. The molecule has 0 saturated heterocycles. The Kier molecular flexibility index (Phi) is 4.08. The zero-order chi connectivity index (χ0) is 14.6. The van der Waals surface area contributed by atoms with Gasteiger partial charge in [0.1, 0.15) is 16.7 Å². The van der Waals surface area contributed by atoms with E-state index in [9.17, 15) is 13.5 Å². The van der Waals surface area contributed by atoms with Gasteiger partial charge in [-0.2, -0.15) is 8.42 Å². The van der Waals surface area contributed by atoms with Crippen LogP contribution in [-0.2, 0) is 10.1 Å². The summed E-state index contributed by atoms with van der Waals surface area (Å²) >= 11 is 0. The Morgan fingerprint density at radius 1 is 1.05 bits per heavy atom. The first-order valence-electron chi connectivity index (χ1n) is 5.76. The molecule has 0 fully saturated rings. The first-order valence-corrected chi connectivity index (χ1v) is 7.17. The van der Waals surface area contributed by atoms with Gasteiger partial charge in [-0.3, -0.25) is 0 Å². The molecule has 2 aromatic carbocycles. The molecule has 5 heteroatoms. The lowest BCUT2D eigenvalue weighted by Gasteiger charge is -2.08. The molecule has 0 bridgehead atoms. The Hall–Kier alpha value is -2.29. The monoisotopic (exact) mass is 288 g/mol. The van der Waals surface area contributed by atoms with Crippen molar-refractivity contribution in [3.63, 3.8) is 0 Å². The summed E-state index contributed by atoms with van der Waals surface area (Å²) in [5.74, 6) is 2.33. The molecule has 0 radical (unpaired) electrons. The number of aliphatic hydroxyl groups excluding tert-OH is 1. The lowest BCUT2D eigenvalue weighted by atomic mass is 10.1. The summed E-state index contributed by atoms with van der Waals surface area (Å²) in [5, 5.41) is 9.44. The van der Waals surface area contributed by atoms with E-state index in [-0.39, 0.29) is 10.6 Å². The highest BCUT2D eigenvalue weighted by Gasteiger charge is 2.16. The number of hydrogen-bond acceptors (Lipinski definition) is 4. The summed E-state index contributed by atoms with van der Waals surface area (Å²) in [6.45, 7) is 0. The smallest absolute Gasteiger partial charge is 0.339 e. The highest BCUT2D eigenvalue weighted by Crippen LogP contribution is 2.21. The summed E-state index contributed by atoms with van der Waals surface area (Å²) in [6, 6.07) is 13.8. The molecule has 4 nitrogen and oxygen atoms in total. The molecular weight excluding hydrogens is 276 g/mol. The van der Waals surface area contributed by atoms with Crippen molar-refractivity contribution in [3.8, 4) is 18.1 Å². The van der Waals surface area contributed by atoms with Crippen molar-refractivity contribution in [1.82, 2.24) is 0 Å². The molecular formula is C15H12O4S. The number of aliphatic hydroxyl groups is 1. The topological polar surface area (TPSA) is 63.6 Å². The maximum atomic E-state index is 12.0. The van der Waals surface area contributed by atoms with Crippen LogP contribution in [0.3, 0.4) is 0 Å². The molecule has 0 aliphatic rings. The van der Waals surface area contributed by atoms with Gasteiger partial charge in [0.15, 0.2) is 0 Å². The van der Waals surface area contributed by atoms with Crippen LogP contribution in [0.15, 0.2) is 59.5 Å². The van der Waals surface area contributed by atoms with Gasteiger partial charge < -0.3 is 9.29 Å². The van der Waals surface area contributed by atoms with Gasteiger partial charge in [0.2, 0.25) is 0 Å². The Labute approximate surface area is 117 Å². The molecule has 0 aliphatic heterocycles. The summed E-state index contributed by atoms with van der Waals surface area (Å²) in [4.78, 5) is 0.0766. The normalized spacial score (nSPS) is 12.4. The van der Waals surface area contributed by atoms with E-state index in [4.69, 9.17) is 10.6 Å². The molecule has 2 aromatic rings. The second kappa shape index (κ2) is 5.78. The van der Waals surface area contributed by atoms with E-state index in [2.05, 4.69) is 5.92 Å². The largest absolute Gasteiger partial charge is 0.379 e.